The summed E-state index contributed by atoms with van der Waals surface area (Å²) in [6.07, 6.45) is 0. The van der Waals surface area contributed by atoms with E-state index in [2.05, 4.69) is 4.98 Å². The molecule has 1 heterocycles. The number of carbonyl (C=O) groups excluding carboxylic acids is 2. The van der Waals surface area contributed by atoms with Gasteiger partial charge in [0.1, 0.15) is 11.4 Å². The summed E-state index contributed by atoms with van der Waals surface area (Å²) in [6.45, 7) is 3.70. The average molecular weight is 280 g/mol. The van der Waals surface area contributed by atoms with E-state index in [0.29, 0.717) is 0 Å². The normalized spacial score (nSPS) is 10.1. The zero-order chi connectivity index (χ0) is 13.0. The van der Waals surface area contributed by atoms with Gasteiger partial charge in [-0.3, -0.25) is 0 Å². The molecule has 0 bridgehead atoms. The number of nitrogens with one attached hydrogen (secondary N) is 1. The van der Waals surface area contributed by atoms with Crippen LogP contribution in [0.4, 0.5) is 0 Å². The SMILES string of the molecule is CCOC(=O)c1[nH]c(C(=O)OCC)c(Cl)c1Cl. The van der Waals surface area contributed by atoms with Gasteiger partial charge in [0.25, 0.3) is 0 Å². The Hall–Kier alpha value is -1.20. The number of halogens is 2. The van der Waals surface area contributed by atoms with Crippen LogP contribution in [-0.2, 0) is 9.47 Å². The van der Waals surface area contributed by atoms with Crippen LogP contribution in [0.5, 0.6) is 0 Å². The monoisotopic (exact) mass is 279 g/mol. The van der Waals surface area contributed by atoms with Gasteiger partial charge in [0, 0.05) is 0 Å². The van der Waals surface area contributed by atoms with Gasteiger partial charge in [-0.2, -0.15) is 0 Å². The van der Waals surface area contributed by atoms with Crippen LogP contribution in [0.25, 0.3) is 0 Å². The van der Waals surface area contributed by atoms with Crippen molar-refractivity contribution in [3.63, 3.8) is 0 Å². The maximum Gasteiger partial charge on any atom is 0.356 e. The predicted octanol–water partition coefficient (Wildman–Crippen LogP) is 2.67. The predicted molar refractivity (Wildman–Crippen MR) is 62.7 cm³/mol. The maximum absolute atomic E-state index is 11.5. The van der Waals surface area contributed by atoms with E-state index in [0.717, 1.165) is 0 Å². The summed E-state index contributed by atoms with van der Waals surface area (Å²) in [5, 5.41) is -0.0960. The van der Waals surface area contributed by atoms with E-state index in [1.807, 2.05) is 0 Å². The van der Waals surface area contributed by atoms with Crippen molar-refractivity contribution in [3.05, 3.63) is 21.4 Å². The summed E-state index contributed by atoms with van der Waals surface area (Å²) in [4.78, 5) is 25.4. The number of aromatic nitrogens is 1. The molecule has 17 heavy (non-hydrogen) atoms. The Bertz CT molecular complexity index is 403. The van der Waals surface area contributed by atoms with Crippen molar-refractivity contribution in [3.8, 4) is 0 Å². The molecular weight excluding hydrogens is 269 g/mol. The number of hydrogen-bond donors (Lipinski definition) is 1. The molecule has 0 saturated carbocycles. The second-order valence-corrected chi connectivity index (χ2v) is 3.70. The number of H-pyrrole nitrogens is 1. The molecule has 0 aliphatic carbocycles. The summed E-state index contributed by atoms with van der Waals surface area (Å²) >= 11 is 11.6. The van der Waals surface area contributed by atoms with Crippen molar-refractivity contribution in [2.24, 2.45) is 0 Å². The summed E-state index contributed by atoms with van der Waals surface area (Å²) < 4.78 is 9.50. The van der Waals surface area contributed by atoms with Crippen LogP contribution >= 0.6 is 23.2 Å². The van der Waals surface area contributed by atoms with Crippen LogP contribution in [0.3, 0.4) is 0 Å². The smallest absolute Gasteiger partial charge is 0.356 e. The molecule has 1 rings (SSSR count). The van der Waals surface area contributed by atoms with Gasteiger partial charge in [0.2, 0.25) is 0 Å². The first kappa shape index (κ1) is 13.9. The lowest BCUT2D eigenvalue weighted by Gasteiger charge is -1.99. The van der Waals surface area contributed by atoms with Crippen molar-refractivity contribution >= 4 is 35.1 Å². The molecule has 0 aromatic carbocycles. The van der Waals surface area contributed by atoms with Gasteiger partial charge in [-0.05, 0) is 13.8 Å². The van der Waals surface area contributed by atoms with Gasteiger partial charge >= 0.3 is 11.9 Å². The molecule has 1 aromatic heterocycles. The van der Waals surface area contributed by atoms with E-state index < -0.39 is 11.9 Å². The molecule has 94 valence electrons. The molecule has 0 radical (unpaired) electrons. The number of rotatable bonds is 4. The quantitative estimate of drug-likeness (QED) is 0.861. The zero-order valence-electron chi connectivity index (χ0n) is 9.30. The highest BCUT2D eigenvalue weighted by atomic mass is 35.5. The standard InChI is InChI=1S/C10H11Cl2NO4/c1-3-16-9(14)7-5(11)6(12)8(13-7)10(15)17-4-2/h13H,3-4H2,1-2H3. The van der Waals surface area contributed by atoms with Crippen molar-refractivity contribution < 1.29 is 19.1 Å². The Morgan fingerprint density at radius 3 is 1.65 bits per heavy atom. The third-order valence-electron chi connectivity index (χ3n) is 1.84. The minimum absolute atomic E-state index is 0.0480. The fourth-order valence-corrected chi connectivity index (χ4v) is 1.58. The number of esters is 2. The molecule has 0 aliphatic heterocycles. The molecule has 0 aliphatic rings. The lowest BCUT2D eigenvalue weighted by Crippen LogP contribution is -2.08. The maximum atomic E-state index is 11.5. The van der Waals surface area contributed by atoms with Crippen molar-refractivity contribution in [2.75, 3.05) is 13.2 Å². The Kier molecular flexibility index (Phi) is 4.84. The van der Waals surface area contributed by atoms with E-state index in [1.54, 1.807) is 13.8 Å². The Labute approximate surface area is 108 Å². The molecule has 0 spiro atoms. The second-order valence-electron chi connectivity index (χ2n) is 2.94. The molecule has 0 amide bonds. The average Bonchev–Trinajstić information content (AvgIpc) is 2.57. The molecule has 5 nitrogen and oxygen atoms in total. The Balaban J connectivity index is 3.07. The molecule has 1 aromatic rings. The number of carbonyl (C=O) groups is 2. The van der Waals surface area contributed by atoms with Crippen molar-refractivity contribution in [2.45, 2.75) is 13.8 Å². The van der Waals surface area contributed by atoms with Gasteiger partial charge in [-0.1, -0.05) is 23.2 Å². The molecule has 0 fully saturated rings. The first-order chi connectivity index (χ1) is 8.02. The van der Waals surface area contributed by atoms with Gasteiger partial charge < -0.3 is 14.5 Å². The van der Waals surface area contributed by atoms with Gasteiger partial charge in [-0.15, -0.1) is 0 Å². The van der Waals surface area contributed by atoms with Crippen LogP contribution < -0.4 is 0 Å². The highest BCUT2D eigenvalue weighted by Gasteiger charge is 2.25. The second kappa shape index (κ2) is 5.93. The fraction of sp³-hybridized carbons (Fsp3) is 0.400. The highest BCUT2D eigenvalue weighted by molar-refractivity contribution is 6.45. The van der Waals surface area contributed by atoms with Crippen molar-refractivity contribution in [1.29, 1.82) is 0 Å². The first-order valence-corrected chi connectivity index (χ1v) is 5.69. The number of aromatic amines is 1. The summed E-state index contributed by atoms with van der Waals surface area (Å²) in [5.41, 5.74) is -0.108. The minimum Gasteiger partial charge on any atom is -0.461 e. The molecule has 0 unspecified atom stereocenters. The van der Waals surface area contributed by atoms with E-state index >= 15 is 0 Å². The summed E-state index contributed by atoms with van der Waals surface area (Å²) in [5.74, 6) is -1.34. The Morgan fingerprint density at radius 1 is 1.00 bits per heavy atom. The van der Waals surface area contributed by atoms with Crippen LogP contribution in [0.1, 0.15) is 34.8 Å². The van der Waals surface area contributed by atoms with Gasteiger partial charge in [0.15, 0.2) is 0 Å². The van der Waals surface area contributed by atoms with Gasteiger partial charge in [-0.25, -0.2) is 9.59 Å². The largest absolute Gasteiger partial charge is 0.461 e. The molecule has 7 heteroatoms. The third-order valence-corrected chi connectivity index (χ3v) is 2.69. The van der Waals surface area contributed by atoms with E-state index in [1.165, 1.54) is 0 Å². The van der Waals surface area contributed by atoms with E-state index in [9.17, 15) is 9.59 Å². The Morgan fingerprint density at radius 2 is 1.35 bits per heavy atom. The topological polar surface area (TPSA) is 68.4 Å². The molecule has 0 atom stereocenters. The first-order valence-electron chi connectivity index (χ1n) is 4.94. The van der Waals surface area contributed by atoms with Crippen LogP contribution in [-0.4, -0.2) is 30.1 Å². The molecule has 1 N–H and O–H groups in total. The molecule has 0 saturated heterocycles. The summed E-state index contributed by atoms with van der Waals surface area (Å²) in [7, 11) is 0. The zero-order valence-corrected chi connectivity index (χ0v) is 10.8. The number of hydrogen-bond acceptors (Lipinski definition) is 4. The lowest BCUT2D eigenvalue weighted by molar-refractivity contribution is 0.0516. The third kappa shape index (κ3) is 2.92. The van der Waals surface area contributed by atoms with Gasteiger partial charge in [0.05, 0.1) is 23.3 Å². The number of ether oxygens (including phenoxy) is 2. The lowest BCUT2D eigenvalue weighted by atomic mass is 10.4. The van der Waals surface area contributed by atoms with E-state index in [-0.39, 0.29) is 34.6 Å². The minimum atomic E-state index is -0.671. The van der Waals surface area contributed by atoms with Crippen LogP contribution in [0.15, 0.2) is 0 Å². The van der Waals surface area contributed by atoms with E-state index in [4.69, 9.17) is 32.7 Å². The molecular formula is C10H11Cl2NO4. The van der Waals surface area contributed by atoms with Crippen LogP contribution in [0, 0.1) is 0 Å². The summed E-state index contributed by atoms with van der Waals surface area (Å²) in [6, 6.07) is 0. The highest BCUT2D eigenvalue weighted by Crippen LogP contribution is 2.30. The fourth-order valence-electron chi connectivity index (χ4n) is 1.14. The van der Waals surface area contributed by atoms with Crippen LogP contribution in [0.2, 0.25) is 10.0 Å². The van der Waals surface area contributed by atoms with Crippen molar-refractivity contribution in [1.82, 2.24) is 4.98 Å².